The van der Waals surface area contributed by atoms with Gasteiger partial charge in [-0.1, -0.05) is 23.4 Å². The maximum atomic E-state index is 11.8. The molecule has 0 atom stereocenters. The van der Waals surface area contributed by atoms with E-state index in [0.29, 0.717) is 13.1 Å². The molecule has 1 aliphatic heterocycles. The van der Waals surface area contributed by atoms with Gasteiger partial charge < -0.3 is 15.3 Å². The smallest absolute Gasteiger partial charge is 0.335 e. The summed E-state index contributed by atoms with van der Waals surface area (Å²) in [5, 5.41) is 11.7. The number of halogens is 1. The summed E-state index contributed by atoms with van der Waals surface area (Å²) >= 11 is 7.16. The zero-order chi connectivity index (χ0) is 15.4. The number of anilines is 1. The van der Waals surface area contributed by atoms with E-state index in [1.54, 1.807) is 4.90 Å². The molecule has 1 aliphatic rings. The molecular formula is C13H13ClN2O4S. The first kappa shape index (κ1) is 15.7. The van der Waals surface area contributed by atoms with Gasteiger partial charge in [-0.25, -0.2) is 4.79 Å². The van der Waals surface area contributed by atoms with Crippen LogP contribution in [0.1, 0.15) is 16.8 Å². The van der Waals surface area contributed by atoms with Gasteiger partial charge in [0, 0.05) is 25.3 Å². The third-order valence-electron chi connectivity index (χ3n) is 2.94. The number of aromatic carboxylic acids is 1. The molecule has 0 radical (unpaired) electrons. The second kappa shape index (κ2) is 6.82. The molecule has 0 unspecified atom stereocenters. The number of carboxylic acid groups (broad SMARTS) is 1. The van der Waals surface area contributed by atoms with Gasteiger partial charge in [-0.15, -0.1) is 0 Å². The molecule has 0 aromatic heterocycles. The summed E-state index contributed by atoms with van der Waals surface area (Å²) in [5.41, 5.74) is 0.296. The van der Waals surface area contributed by atoms with Crippen molar-refractivity contribution in [3.05, 3.63) is 28.8 Å². The van der Waals surface area contributed by atoms with Crippen LogP contribution in [0.5, 0.6) is 0 Å². The lowest BCUT2D eigenvalue weighted by Crippen LogP contribution is -2.27. The summed E-state index contributed by atoms with van der Waals surface area (Å²) in [4.78, 5) is 35.7. The second-order valence-electron chi connectivity index (χ2n) is 4.40. The Bertz CT molecular complexity index is 594. The van der Waals surface area contributed by atoms with Gasteiger partial charge in [-0.05, 0) is 18.2 Å². The molecule has 0 bridgehead atoms. The quantitative estimate of drug-likeness (QED) is 0.867. The van der Waals surface area contributed by atoms with Crippen molar-refractivity contribution in [2.45, 2.75) is 6.42 Å². The maximum Gasteiger partial charge on any atom is 0.335 e. The number of carbonyl (C=O) groups is 3. The van der Waals surface area contributed by atoms with Crippen molar-refractivity contribution in [2.24, 2.45) is 0 Å². The van der Waals surface area contributed by atoms with Gasteiger partial charge in [0.15, 0.2) is 0 Å². The predicted molar refractivity (Wildman–Crippen MR) is 81.1 cm³/mol. The molecule has 0 spiro atoms. The highest BCUT2D eigenvalue weighted by Gasteiger charge is 2.21. The SMILES string of the molecule is O=C(CCN1CCSC1=O)Nc1cc(C(=O)O)ccc1Cl. The van der Waals surface area contributed by atoms with E-state index in [-0.39, 0.29) is 33.8 Å². The monoisotopic (exact) mass is 328 g/mol. The van der Waals surface area contributed by atoms with Crippen molar-refractivity contribution < 1.29 is 19.5 Å². The first-order valence-corrected chi connectivity index (χ1v) is 7.58. The molecule has 1 fully saturated rings. The molecule has 1 aromatic rings. The van der Waals surface area contributed by atoms with Crippen LogP contribution in [0.15, 0.2) is 18.2 Å². The first-order valence-electron chi connectivity index (χ1n) is 6.22. The van der Waals surface area contributed by atoms with E-state index >= 15 is 0 Å². The van der Waals surface area contributed by atoms with Crippen LogP contribution in [0.4, 0.5) is 10.5 Å². The van der Waals surface area contributed by atoms with Crippen LogP contribution in [0, 0.1) is 0 Å². The Kier molecular flexibility index (Phi) is 5.08. The molecule has 112 valence electrons. The molecule has 0 saturated carbocycles. The molecule has 2 N–H and O–H groups in total. The van der Waals surface area contributed by atoms with E-state index < -0.39 is 5.97 Å². The van der Waals surface area contributed by atoms with E-state index in [0.717, 1.165) is 5.75 Å². The Morgan fingerprint density at radius 1 is 1.43 bits per heavy atom. The number of thioether (sulfide) groups is 1. The van der Waals surface area contributed by atoms with Gasteiger partial charge in [-0.2, -0.15) is 0 Å². The minimum Gasteiger partial charge on any atom is -0.478 e. The summed E-state index contributed by atoms with van der Waals surface area (Å²) in [6.45, 7) is 0.986. The number of nitrogens with zero attached hydrogens (tertiary/aromatic N) is 1. The number of carboxylic acids is 1. The summed E-state index contributed by atoms with van der Waals surface area (Å²) in [6.07, 6.45) is 0.139. The molecule has 21 heavy (non-hydrogen) atoms. The highest BCUT2D eigenvalue weighted by atomic mass is 35.5. The fraction of sp³-hybridized carbons (Fsp3) is 0.308. The minimum absolute atomic E-state index is 0.0197. The van der Waals surface area contributed by atoms with Gasteiger partial charge in [0.05, 0.1) is 16.3 Å². The van der Waals surface area contributed by atoms with Crippen LogP contribution in [0.25, 0.3) is 0 Å². The van der Waals surface area contributed by atoms with Crippen LogP contribution in [0.2, 0.25) is 5.02 Å². The molecule has 6 nitrogen and oxygen atoms in total. The lowest BCUT2D eigenvalue weighted by molar-refractivity contribution is -0.116. The number of hydrogen-bond donors (Lipinski definition) is 2. The fourth-order valence-corrected chi connectivity index (χ4v) is 2.85. The largest absolute Gasteiger partial charge is 0.478 e. The van der Waals surface area contributed by atoms with E-state index in [1.807, 2.05) is 0 Å². The second-order valence-corrected chi connectivity index (χ2v) is 5.85. The molecule has 2 amide bonds. The average Bonchev–Trinajstić information content (AvgIpc) is 2.84. The third-order valence-corrected chi connectivity index (χ3v) is 4.16. The Morgan fingerprint density at radius 3 is 2.81 bits per heavy atom. The zero-order valence-electron chi connectivity index (χ0n) is 11.0. The number of amides is 2. The minimum atomic E-state index is -1.10. The Morgan fingerprint density at radius 2 is 2.19 bits per heavy atom. The van der Waals surface area contributed by atoms with Crippen molar-refractivity contribution in [1.29, 1.82) is 0 Å². The summed E-state index contributed by atoms with van der Waals surface area (Å²) in [5.74, 6) is -0.668. The standard InChI is InChI=1S/C13H13ClN2O4S/c14-9-2-1-8(12(18)19)7-10(9)15-11(17)3-4-16-5-6-21-13(16)20/h1-2,7H,3-6H2,(H,15,17)(H,18,19). The molecule has 1 saturated heterocycles. The molecule has 1 heterocycles. The highest BCUT2D eigenvalue weighted by Crippen LogP contribution is 2.23. The van der Waals surface area contributed by atoms with Crippen LogP contribution in [-0.4, -0.2) is 46.0 Å². The molecule has 1 aromatic carbocycles. The summed E-state index contributed by atoms with van der Waals surface area (Å²) in [7, 11) is 0. The number of hydrogen-bond acceptors (Lipinski definition) is 4. The van der Waals surface area contributed by atoms with Crippen molar-refractivity contribution in [1.82, 2.24) is 4.90 Å². The Balaban J connectivity index is 1.94. The van der Waals surface area contributed by atoms with Gasteiger partial charge in [-0.3, -0.25) is 9.59 Å². The average molecular weight is 329 g/mol. The van der Waals surface area contributed by atoms with Crippen molar-refractivity contribution in [3.63, 3.8) is 0 Å². The van der Waals surface area contributed by atoms with E-state index in [1.165, 1.54) is 30.0 Å². The van der Waals surface area contributed by atoms with Crippen LogP contribution >= 0.6 is 23.4 Å². The van der Waals surface area contributed by atoms with Crippen molar-refractivity contribution in [2.75, 3.05) is 24.2 Å². The van der Waals surface area contributed by atoms with E-state index in [2.05, 4.69) is 5.32 Å². The number of carbonyl (C=O) groups excluding carboxylic acids is 2. The molecule has 2 rings (SSSR count). The van der Waals surface area contributed by atoms with Crippen LogP contribution in [-0.2, 0) is 4.79 Å². The summed E-state index contributed by atoms with van der Waals surface area (Å²) in [6, 6.07) is 4.08. The van der Waals surface area contributed by atoms with Gasteiger partial charge in [0.2, 0.25) is 5.91 Å². The van der Waals surface area contributed by atoms with Crippen LogP contribution < -0.4 is 5.32 Å². The number of nitrogens with one attached hydrogen (secondary N) is 1. The van der Waals surface area contributed by atoms with Crippen LogP contribution in [0.3, 0.4) is 0 Å². The topological polar surface area (TPSA) is 86.7 Å². The normalized spacial score (nSPS) is 14.3. The Hall–Kier alpha value is -1.73. The predicted octanol–water partition coefficient (Wildman–Crippen LogP) is 2.54. The van der Waals surface area contributed by atoms with Crippen molar-refractivity contribution in [3.8, 4) is 0 Å². The maximum absolute atomic E-state index is 11.8. The lowest BCUT2D eigenvalue weighted by atomic mass is 10.2. The molecular weight excluding hydrogens is 316 g/mol. The van der Waals surface area contributed by atoms with E-state index in [9.17, 15) is 14.4 Å². The molecule has 0 aliphatic carbocycles. The summed E-state index contributed by atoms with van der Waals surface area (Å²) < 4.78 is 0. The first-order chi connectivity index (χ1) is 9.97. The molecule has 8 heteroatoms. The van der Waals surface area contributed by atoms with Gasteiger partial charge in [0.1, 0.15) is 0 Å². The number of benzene rings is 1. The Labute approximate surface area is 130 Å². The van der Waals surface area contributed by atoms with Gasteiger partial charge in [0.25, 0.3) is 5.24 Å². The van der Waals surface area contributed by atoms with Gasteiger partial charge >= 0.3 is 5.97 Å². The lowest BCUT2D eigenvalue weighted by Gasteiger charge is -2.14. The number of rotatable bonds is 5. The fourth-order valence-electron chi connectivity index (χ4n) is 1.83. The van der Waals surface area contributed by atoms with Crippen molar-refractivity contribution >= 4 is 46.2 Å². The third kappa shape index (κ3) is 4.12. The highest BCUT2D eigenvalue weighted by molar-refractivity contribution is 8.13. The zero-order valence-corrected chi connectivity index (χ0v) is 12.5. The van der Waals surface area contributed by atoms with E-state index in [4.69, 9.17) is 16.7 Å².